The molecule has 3 heteroatoms. The zero-order valence-electron chi connectivity index (χ0n) is 16.9. The third-order valence-corrected chi connectivity index (χ3v) is 4.27. The topological polar surface area (TPSA) is 39.2 Å². The highest BCUT2D eigenvalue weighted by Crippen LogP contribution is 2.23. The highest BCUT2D eigenvalue weighted by Gasteiger charge is 2.15. The van der Waals surface area contributed by atoms with E-state index < -0.39 is 0 Å². The number of hydrogen-bond donors (Lipinski definition) is 0. The van der Waals surface area contributed by atoms with Crippen molar-refractivity contribution >= 4 is 5.78 Å². The van der Waals surface area contributed by atoms with Crippen LogP contribution in [0.4, 0.5) is 0 Å². The van der Waals surface area contributed by atoms with Gasteiger partial charge >= 0.3 is 0 Å². The lowest BCUT2D eigenvalue weighted by atomic mass is 9.95. The first-order valence-electron chi connectivity index (χ1n) is 9.39. The number of hydrogen-bond acceptors (Lipinski definition) is 3. The Bertz CT molecular complexity index is 709. The zero-order valence-corrected chi connectivity index (χ0v) is 16.9. The van der Waals surface area contributed by atoms with Gasteiger partial charge in [0, 0.05) is 24.5 Å². The van der Waals surface area contributed by atoms with E-state index in [1.165, 1.54) is 5.56 Å². The molecule has 0 radical (unpaired) electrons. The Hall–Kier alpha value is -2.16. The molecule has 1 atom stereocenters. The lowest BCUT2D eigenvalue weighted by molar-refractivity contribution is -0.118. The van der Waals surface area contributed by atoms with E-state index in [2.05, 4.69) is 43.1 Å². The molecule has 0 fully saturated rings. The number of carbonyl (C=O) groups is 1. The summed E-state index contributed by atoms with van der Waals surface area (Å²) in [5.74, 6) is 1.61. The molecule has 0 bridgehead atoms. The average Bonchev–Trinajstić information content (AvgIpc) is 2.54. The van der Waals surface area contributed by atoms with Crippen molar-refractivity contribution in [2.75, 3.05) is 0 Å². The van der Waals surface area contributed by atoms with Crippen LogP contribution in [-0.4, -0.2) is 16.4 Å². The molecular formula is C23H31NO2. The molecule has 1 aromatic carbocycles. The molecule has 0 aliphatic carbocycles. The second-order valence-corrected chi connectivity index (χ2v) is 8.35. The van der Waals surface area contributed by atoms with E-state index in [1.54, 1.807) is 6.20 Å². The van der Waals surface area contributed by atoms with E-state index in [-0.39, 0.29) is 17.3 Å². The van der Waals surface area contributed by atoms with Crippen LogP contribution in [0.5, 0.6) is 5.75 Å². The second-order valence-electron chi connectivity index (χ2n) is 8.35. The smallest absolute Gasteiger partial charge is 0.138 e. The average molecular weight is 354 g/mol. The molecule has 0 saturated heterocycles. The highest BCUT2D eigenvalue weighted by atomic mass is 16.5. The van der Waals surface area contributed by atoms with E-state index in [1.807, 2.05) is 39.8 Å². The van der Waals surface area contributed by atoms with Gasteiger partial charge in [-0.3, -0.25) is 9.78 Å². The lowest BCUT2D eigenvalue weighted by Crippen LogP contribution is -2.23. The number of benzene rings is 1. The van der Waals surface area contributed by atoms with Crippen LogP contribution in [0.3, 0.4) is 0 Å². The molecule has 0 aliphatic heterocycles. The Balaban J connectivity index is 1.92. The molecule has 0 unspecified atom stereocenters. The summed E-state index contributed by atoms with van der Waals surface area (Å²) in [6.07, 6.45) is 2.72. The van der Waals surface area contributed by atoms with Crippen LogP contribution >= 0.6 is 0 Å². The summed E-state index contributed by atoms with van der Waals surface area (Å²) in [6, 6.07) is 12.2. The minimum atomic E-state index is -0.240. The van der Waals surface area contributed by atoms with Crippen molar-refractivity contribution in [2.24, 2.45) is 0 Å². The molecule has 140 valence electrons. The summed E-state index contributed by atoms with van der Waals surface area (Å²) in [4.78, 5) is 16.9. The largest absolute Gasteiger partial charge is 0.487 e. The molecule has 0 saturated carbocycles. The summed E-state index contributed by atoms with van der Waals surface area (Å²) >= 11 is 0. The zero-order chi connectivity index (χ0) is 19.3. The third kappa shape index (κ3) is 6.29. The van der Waals surface area contributed by atoms with Crippen LogP contribution in [0, 0.1) is 0 Å². The number of aromatic nitrogens is 1. The quantitative estimate of drug-likeness (QED) is 0.642. The van der Waals surface area contributed by atoms with Gasteiger partial charge in [-0.05, 0) is 49.9 Å². The number of nitrogens with zero attached hydrogens (tertiary/aromatic N) is 1. The van der Waals surface area contributed by atoms with Crippen molar-refractivity contribution in [3.8, 4) is 5.75 Å². The number of pyridine rings is 1. The molecular weight excluding hydrogens is 322 g/mol. The van der Waals surface area contributed by atoms with Crippen molar-refractivity contribution in [1.82, 2.24) is 4.98 Å². The van der Waals surface area contributed by atoms with E-state index >= 15 is 0 Å². The SMILES string of the molecule is CC(C)c1ccc(CC(=O)C[C@H](C)c2ccc(OC(C)(C)C)cn2)cc1. The molecule has 2 rings (SSSR count). The first-order chi connectivity index (χ1) is 12.1. The van der Waals surface area contributed by atoms with Gasteiger partial charge in [0.2, 0.25) is 0 Å². The maximum absolute atomic E-state index is 12.4. The van der Waals surface area contributed by atoms with Gasteiger partial charge in [0.15, 0.2) is 0 Å². The first-order valence-corrected chi connectivity index (χ1v) is 9.39. The minimum absolute atomic E-state index is 0.0983. The predicted octanol–water partition coefficient (Wildman–Crippen LogP) is 5.69. The van der Waals surface area contributed by atoms with Crippen molar-refractivity contribution in [3.63, 3.8) is 0 Å². The molecule has 3 nitrogen and oxygen atoms in total. The Kier molecular flexibility index (Phi) is 6.57. The van der Waals surface area contributed by atoms with Gasteiger partial charge in [-0.2, -0.15) is 0 Å². The van der Waals surface area contributed by atoms with Gasteiger partial charge in [0.05, 0.1) is 6.20 Å². The van der Waals surface area contributed by atoms with Crippen LogP contribution in [0.1, 0.15) is 76.6 Å². The summed E-state index contributed by atoms with van der Waals surface area (Å²) in [7, 11) is 0. The van der Waals surface area contributed by atoms with Crippen LogP contribution in [0.2, 0.25) is 0 Å². The maximum Gasteiger partial charge on any atom is 0.138 e. The molecule has 2 aromatic rings. The molecule has 26 heavy (non-hydrogen) atoms. The Morgan fingerprint density at radius 2 is 1.69 bits per heavy atom. The van der Waals surface area contributed by atoms with Gasteiger partial charge in [-0.25, -0.2) is 0 Å². The normalized spacial score (nSPS) is 12.9. The van der Waals surface area contributed by atoms with Gasteiger partial charge in [-0.15, -0.1) is 0 Å². The second kappa shape index (κ2) is 8.48. The fourth-order valence-corrected chi connectivity index (χ4v) is 2.86. The Labute approximate surface area is 157 Å². The first kappa shape index (κ1) is 20.2. The Morgan fingerprint density at radius 1 is 1.04 bits per heavy atom. The van der Waals surface area contributed by atoms with Gasteiger partial charge in [0.1, 0.15) is 17.1 Å². The molecule has 0 N–H and O–H groups in total. The van der Waals surface area contributed by atoms with Crippen molar-refractivity contribution in [2.45, 2.75) is 71.8 Å². The summed E-state index contributed by atoms with van der Waals surface area (Å²) in [5, 5.41) is 0. The molecule has 0 amide bonds. The fraction of sp³-hybridized carbons (Fsp3) is 0.478. The minimum Gasteiger partial charge on any atom is -0.487 e. The van der Waals surface area contributed by atoms with E-state index in [0.717, 1.165) is 17.0 Å². The maximum atomic E-state index is 12.4. The number of rotatable bonds is 7. The lowest BCUT2D eigenvalue weighted by Gasteiger charge is -2.21. The Morgan fingerprint density at radius 3 is 2.19 bits per heavy atom. The number of Topliss-reactive ketones (excluding diaryl/α,β-unsaturated/α-hetero) is 1. The highest BCUT2D eigenvalue weighted by molar-refractivity contribution is 5.81. The monoisotopic (exact) mass is 353 g/mol. The predicted molar refractivity (Wildman–Crippen MR) is 107 cm³/mol. The summed E-state index contributed by atoms with van der Waals surface area (Å²) < 4.78 is 5.79. The van der Waals surface area contributed by atoms with Crippen molar-refractivity contribution in [1.29, 1.82) is 0 Å². The van der Waals surface area contributed by atoms with Crippen LogP contribution in [-0.2, 0) is 11.2 Å². The molecule has 0 spiro atoms. The van der Waals surface area contributed by atoms with Crippen LogP contribution < -0.4 is 4.74 Å². The fourth-order valence-electron chi connectivity index (χ4n) is 2.86. The standard InChI is InChI=1S/C23H31NO2/c1-16(2)19-9-7-18(8-10-19)14-20(25)13-17(3)22-12-11-21(15-24-22)26-23(4,5)6/h7-12,15-17H,13-14H2,1-6H3/t17-/m0/s1. The summed E-state index contributed by atoms with van der Waals surface area (Å²) in [5.41, 5.74) is 3.06. The molecule has 1 heterocycles. The van der Waals surface area contributed by atoms with Crippen molar-refractivity contribution < 1.29 is 9.53 Å². The van der Waals surface area contributed by atoms with Gasteiger partial charge < -0.3 is 4.74 Å². The summed E-state index contributed by atoms with van der Waals surface area (Å²) in [6.45, 7) is 12.4. The van der Waals surface area contributed by atoms with E-state index in [0.29, 0.717) is 18.8 Å². The van der Waals surface area contributed by atoms with Crippen LogP contribution in [0.25, 0.3) is 0 Å². The number of ketones is 1. The van der Waals surface area contributed by atoms with Gasteiger partial charge in [0.25, 0.3) is 0 Å². The third-order valence-electron chi connectivity index (χ3n) is 4.27. The molecule has 0 aliphatic rings. The van der Waals surface area contributed by atoms with Crippen molar-refractivity contribution in [3.05, 3.63) is 59.4 Å². The van der Waals surface area contributed by atoms with E-state index in [9.17, 15) is 4.79 Å². The number of ether oxygens (including phenoxy) is 1. The number of carbonyl (C=O) groups excluding carboxylic acids is 1. The van der Waals surface area contributed by atoms with E-state index in [4.69, 9.17) is 4.74 Å². The van der Waals surface area contributed by atoms with Crippen LogP contribution in [0.15, 0.2) is 42.6 Å². The van der Waals surface area contributed by atoms with Gasteiger partial charge in [-0.1, -0.05) is 45.0 Å². The molecule has 1 aromatic heterocycles.